The predicted octanol–water partition coefficient (Wildman–Crippen LogP) is 4.45. The Morgan fingerprint density at radius 2 is 1.65 bits per heavy atom. The standard InChI is InChI=1S/C15H20N2/c1-4-11-12(5-2)14(6-3)16-17-15-10-8-7-9-13(11)15/h7-10,17H,4-6H2,1-3H3. The number of hydrogen-bond donors (Lipinski definition) is 1. The van der Waals surface area contributed by atoms with Crippen molar-refractivity contribution in [3.63, 3.8) is 0 Å². The normalized spacial score (nSPS) is 14.9. The zero-order chi connectivity index (χ0) is 12.3. The molecule has 1 aliphatic heterocycles. The Bertz CT molecular complexity index is 470. The van der Waals surface area contributed by atoms with E-state index in [-0.39, 0.29) is 0 Å². The van der Waals surface area contributed by atoms with Gasteiger partial charge in [-0.25, -0.2) is 0 Å². The minimum Gasteiger partial charge on any atom is -0.278 e. The second-order valence-electron chi connectivity index (χ2n) is 4.23. The number of rotatable bonds is 3. The van der Waals surface area contributed by atoms with E-state index in [0.29, 0.717) is 0 Å². The second kappa shape index (κ2) is 5.17. The van der Waals surface area contributed by atoms with Gasteiger partial charge in [-0.3, -0.25) is 5.43 Å². The molecular weight excluding hydrogens is 208 g/mol. The molecule has 17 heavy (non-hydrogen) atoms. The molecule has 2 heteroatoms. The maximum absolute atomic E-state index is 4.54. The highest BCUT2D eigenvalue weighted by molar-refractivity contribution is 6.08. The van der Waals surface area contributed by atoms with E-state index in [1.807, 2.05) is 0 Å². The van der Waals surface area contributed by atoms with Crippen molar-refractivity contribution in [2.24, 2.45) is 5.10 Å². The van der Waals surface area contributed by atoms with Gasteiger partial charge in [-0.1, -0.05) is 39.0 Å². The van der Waals surface area contributed by atoms with Crippen LogP contribution in [0, 0.1) is 0 Å². The minimum atomic E-state index is 0.980. The molecule has 1 aliphatic rings. The summed E-state index contributed by atoms with van der Waals surface area (Å²) in [5.74, 6) is 0. The summed E-state index contributed by atoms with van der Waals surface area (Å²) in [6, 6.07) is 8.43. The fourth-order valence-corrected chi connectivity index (χ4v) is 2.49. The average molecular weight is 228 g/mol. The molecular formula is C15H20N2. The molecule has 0 radical (unpaired) electrons. The molecule has 0 aromatic heterocycles. The Balaban J connectivity index is 2.64. The highest BCUT2D eigenvalue weighted by Gasteiger charge is 2.16. The van der Waals surface area contributed by atoms with Crippen molar-refractivity contribution >= 4 is 17.0 Å². The molecule has 1 heterocycles. The molecule has 2 rings (SSSR count). The predicted molar refractivity (Wildman–Crippen MR) is 75.3 cm³/mol. The van der Waals surface area contributed by atoms with Crippen LogP contribution in [0.1, 0.15) is 45.6 Å². The molecule has 0 aliphatic carbocycles. The van der Waals surface area contributed by atoms with E-state index >= 15 is 0 Å². The quantitative estimate of drug-likeness (QED) is 0.812. The van der Waals surface area contributed by atoms with Crippen LogP contribution in [-0.4, -0.2) is 5.71 Å². The second-order valence-corrected chi connectivity index (χ2v) is 4.23. The number of para-hydroxylation sites is 1. The van der Waals surface area contributed by atoms with Crippen molar-refractivity contribution in [2.75, 3.05) is 5.43 Å². The molecule has 0 amide bonds. The monoisotopic (exact) mass is 228 g/mol. The van der Waals surface area contributed by atoms with E-state index < -0.39 is 0 Å². The van der Waals surface area contributed by atoms with Crippen molar-refractivity contribution in [1.82, 2.24) is 0 Å². The fraction of sp³-hybridized carbons (Fsp3) is 0.400. The number of benzene rings is 1. The van der Waals surface area contributed by atoms with Crippen LogP contribution >= 0.6 is 0 Å². The molecule has 0 saturated heterocycles. The van der Waals surface area contributed by atoms with Crippen molar-refractivity contribution < 1.29 is 0 Å². The summed E-state index contributed by atoms with van der Waals surface area (Å²) in [5, 5.41) is 4.54. The van der Waals surface area contributed by atoms with Crippen LogP contribution in [0.3, 0.4) is 0 Å². The smallest absolute Gasteiger partial charge is 0.0639 e. The summed E-state index contributed by atoms with van der Waals surface area (Å²) < 4.78 is 0. The zero-order valence-corrected chi connectivity index (χ0v) is 10.9. The topological polar surface area (TPSA) is 24.4 Å². The van der Waals surface area contributed by atoms with Gasteiger partial charge in [-0.15, -0.1) is 0 Å². The molecule has 0 atom stereocenters. The summed E-state index contributed by atoms with van der Waals surface area (Å²) in [4.78, 5) is 0. The molecule has 90 valence electrons. The molecule has 0 unspecified atom stereocenters. The van der Waals surface area contributed by atoms with E-state index in [1.54, 1.807) is 0 Å². The summed E-state index contributed by atoms with van der Waals surface area (Å²) in [7, 11) is 0. The van der Waals surface area contributed by atoms with Crippen LogP contribution in [0.4, 0.5) is 5.69 Å². The summed E-state index contributed by atoms with van der Waals surface area (Å²) >= 11 is 0. The van der Waals surface area contributed by atoms with Gasteiger partial charge >= 0.3 is 0 Å². The number of hydrazone groups is 1. The van der Waals surface area contributed by atoms with E-state index in [2.05, 4.69) is 55.6 Å². The Morgan fingerprint density at radius 3 is 2.29 bits per heavy atom. The number of allylic oxidation sites excluding steroid dienone is 2. The third kappa shape index (κ3) is 2.12. The van der Waals surface area contributed by atoms with Gasteiger partial charge < -0.3 is 0 Å². The first kappa shape index (κ1) is 11.9. The first-order valence-corrected chi connectivity index (χ1v) is 6.46. The van der Waals surface area contributed by atoms with E-state index in [4.69, 9.17) is 0 Å². The van der Waals surface area contributed by atoms with Crippen molar-refractivity contribution in [2.45, 2.75) is 40.0 Å². The van der Waals surface area contributed by atoms with Crippen LogP contribution < -0.4 is 5.43 Å². The number of anilines is 1. The highest BCUT2D eigenvalue weighted by Crippen LogP contribution is 2.33. The summed E-state index contributed by atoms with van der Waals surface area (Å²) in [6.07, 6.45) is 3.08. The Kier molecular flexibility index (Phi) is 3.62. The molecule has 0 saturated carbocycles. The van der Waals surface area contributed by atoms with Gasteiger partial charge in [0.2, 0.25) is 0 Å². The maximum atomic E-state index is 4.54. The Hall–Kier alpha value is -1.57. The van der Waals surface area contributed by atoms with Gasteiger partial charge in [0, 0.05) is 5.56 Å². The molecule has 1 N–H and O–H groups in total. The van der Waals surface area contributed by atoms with E-state index in [0.717, 1.165) is 24.9 Å². The van der Waals surface area contributed by atoms with Gasteiger partial charge in [0.25, 0.3) is 0 Å². The highest BCUT2D eigenvalue weighted by atomic mass is 15.3. The van der Waals surface area contributed by atoms with Crippen LogP contribution in [0.15, 0.2) is 34.9 Å². The van der Waals surface area contributed by atoms with Crippen molar-refractivity contribution in [3.05, 3.63) is 35.4 Å². The van der Waals surface area contributed by atoms with Crippen molar-refractivity contribution in [3.8, 4) is 0 Å². The van der Waals surface area contributed by atoms with Crippen LogP contribution in [0.25, 0.3) is 5.57 Å². The Morgan fingerprint density at radius 1 is 0.941 bits per heavy atom. The summed E-state index contributed by atoms with van der Waals surface area (Å²) in [6.45, 7) is 6.60. The van der Waals surface area contributed by atoms with Gasteiger partial charge in [-0.05, 0) is 36.5 Å². The molecule has 2 nitrogen and oxygen atoms in total. The lowest BCUT2D eigenvalue weighted by atomic mass is 9.92. The molecule has 0 bridgehead atoms. The molecule has 1 aromatic carbocycles. The third-order valence-electron chi connectivity index (χ3n) is 3.32. The lowest BCUT2D eigenvalue weighted by molar-refractivity contribution is 1.10. The molecule has 0 fully saturated rings. The zero-order valence-electron chi connectivity index (χ0n) is 10.9. The van der Waals surface area contributed by atoms with Crippen LogP contribution in [-0.2, 0) is 0 Å². The lowest BCUT2D eigenvalue weighted by Crippen LogP contribution is -2.03. The largest absolute Gasteiger partial charge is 0.278 e. The number of nitrogens with zero attached hydrogens (tertiary/aromatic N) is 1. The lowest BCUT2D eigenvalue weighted by Gasteiger charge is -2.12. The first-order valence-electron chi connectivity index (χ1n) is 6.46. The fourth-order valence-electron chi connectivity index (χ4n) is 2.49. The van der Waals surface area contributed by atoms with E-state index in [1.165, 1.54) is 22.4 Å². The SMILES string of the molecule is CCC1=NNc2ccccc2C(CC)=C1CC. The van der Waals surface area contributed by atoms with Gasteiger partial charge in [0.05, 0.1) is 11.4 Å². The van der Waals surface area contributed by atoms with Crippen LogP contribution in [0.2, 0.25) is 0 Å². The molecule has 0 spiro atoms. The van der Waals surface area contributed by atoms with Gasteiger partial charge in [0.1, 0.15) is 0 Å². The van der Waals surface area contributed by atoms with Gasteiger partial charge in [0.15, 0.2) is 0 Å². The number of hydrogen-bond acceptors (Lipinski definition) is 2. The third-order valence-corrected chi connectivity index (χ3v) is 3.32. The first-order chi connectivity index (χ1) is 8.31. The van der Waals surface area contributed by atoms with Crippen LogP contribution in [0.5, 0.6) is 0 Å². The number of nitrogens with one attached hydrogen (secondary N) is 1. The molecule has 1 aromatic rings. The average Bonchev–Trinajstić information content (AvgIpc) is 2.54. The summed E-state index contributed by atoms with van der Waals surface area (Å²) in [5.41, 5.74) is 9.67. The minimum absolute atomic E-state index is 0.980. The van der Waals surface area contributed by atoms with Crippen molar-refractivity contribution in [1.29, 1.82) is 0 Å². The van der Waals surface area contributed by atoms with Gasteiger partial charge in [-0.2, -0.15) is 5.10 Å². The van der Waals surface area contributed by atoms with E-state index in [9.17, 15) is 0 Å². The number of fused-ring (bicyclic) bond motifs is 1. The maximum Gasteiger partial charge on any atom is 0.0639 e. The Labute approximate surface area is 103 Å².